The van der Waals surface area contributed by atoms with E-state index in [0.717, 1.165) is 43.6 Å². The molecular weight excluding hydrogens is 239 g/mol. The Morgan fingerprint density at radius 3 is 2.95 bits per heavy atom. The Labute approximate surface area is 116 Å². The van der Waals surface area contributed by atoms with Crippen molar-refractivity contribution in [1.82, 2.24) is 10.2 Å². The zero-order valence-corrected chi connectivity index (χ0v) is 12.2. The van der Waals surface area contributed by atoms with E-state index >= 15 is 0 Å². The third-order valence-electron chi connectivity index (χ3n) is 4.08. The third kappa shape index (κ3) is 3.34. The molecule has 1 aromatic rings. The summed E-state index contributed by atoms with van der Waals surface area (Å²) in [6.45, 7) is 7.28. The van der Waals surface area contributed by atoms with Crippen LogP contribution < -0.4 is 5.32 Å². The van der Waals surface area contributed by atoms with Crippen LogP contribution in [0.1, 0.15) is 36.9 Å². The molecule has 3 heteroatoms. The number of likely N-dealkylation sites (tertiary alicyclic amines) is 1. The van der Waals surface area contributed by atoms with Crippen molar-refractivity contribution in [2.75, 3.05) is 26.7 Å². The summed E-state index contributed by atoms with van der Waals surface area (Å²) >= 11 is 0. The SMILES string of the molecule is CCCNCC1CCN(C)C1c1cc(C)ccc1F. The van der Waals surface area contributed by atoms with Crippen LogP contribution in [-0.4, -0.2) is 31.6 Å². The minimum Gasteiger partial charge on any atom is -0.316 e. The second-order valence-corrected chi connectivity index (χ2v) is 5.70. The second-order valence-electron chi connectivity index (χ2n) is 5.70. The summed E-state index contributed by atoms with van der Waals surface area (Å²) in [6.07, 6.45) is 2.29. The number of halogens is 1. The predicted molar refractivity (Wildman–Crippen MR) is 77.8 cm³/mol. The first-order valence-corrected chi connectivity index (χ1v) is 7.30. The lowest BCUT2D eigenvalue weighted by molar-refractivity contribution is 0.265. The average Bonchev–Trinajstić information content (AvgIpc) is 2.74. The molecule has 2 unspecified atom stereocenters. The van der Waals surface area contributed by atoms with Gasteiger partial charge in [-0.3, -0.25) is 4.90 Å². The number of rotatable bonds is 5. The molecule has 0 saturated carbocycles. The lowest BCUT2D eigenvalue weighted by Crippen LogP contribution is -2.29. The van der Waals surface area contributed by atoms with Crippen molar-refractivity contribution in [3.63, 3.8) is 0 Å². The number of nitrogens with zero attached hydrogens (tertiary/aromatic N) is 1. The molecule has 106 valence electrons. The van der Waals surface area contributed by atoms with Crippen molar-refractivity contribution in [3.05, 3.63) is 35.1 Å². The zero-order valence-electron chi connectivity index (χ0n) is 12.2. The molecular formula is C16H25FN2. The van der Waals surface area contributed by atoms with E-state index in [9.17, 15) is 4.39 Å². The van der Waals surface area contributed by atoms with E-state index in [-0.39, 0.29) is 11.9 Å². The van der Waals surface area contributed by atoms with E-state index < -0.39 is 0 Å². The topological polar surface area (TPSA) is 15.3 Å². The average molecular weight is 264 g/mol. The fraction of sp³-hybridized carbons (Fsp3) is 0.625. The van der Waals surface area contributed by atoms with E-state index in [1.807, 2.05) is 19.1 Å². The van der Waals surface area contributed by atoms with E-state index in [1.54, 1.807) is 6.07 Å². The summed E-state index contributed by atoms with van der Waals surface area (Å²) in [5, 5.41) is 3.48. The van der Waals surface area contributed by atoms with Gasteiger partial charge >= 0.3 is 0 Å². The van der Waals surface area contributed by atoms with Gasteiger partial charge < -0.3 is 5.32 Å². The molecule has 1 aromatic carbocycles. The molecule has 1 aliphatic heterocycles. The van der Waals surface area contributed by atoms with Gasteiger partial charge in [-0.25, -0.2) is 4.39 Å². The van der Waals surface area contributed by atoms with E-state index in [2.05, 4.69) is 24.2 Å². The largest absolute Gasteiger partial charge is 0.316 e. The highest BCUT2D eigenvalue weighted by Crippen LogP contribution is 2.37. The molecule has 0 radical (unpaired) electrons. The van der Waals surface area contributed by atoms with Gasteiger partial charge in [0.05, 0.1) is 0 Å². The van der Waals surface area contributed by atoms with Crippen LogP contribution >= 0.6 is 0 Å². The van der Waals surface area contributed by atoms with Crippen LogP contribution in [0.15, 0.2) is 18.2 Å². The number of aryl methyl sites for hydroxylation is 1. The maximum atomic E-state index is 14.1. The summed E-state index contributed by atoms with van der Waals surface area (Å²) in [5.41, 5.74) is 2.00. The summed E-state index contributed by atoms with van der Waals surface area (Å²) < 4.78 is 14.1. The molecule has 2 rings (SSSR count). The van der Waals surface area contributed by atoms with Crippen molar-refractivity contribution in [2.45, 2.75) is 32.7 Å². The third-order valence-corrected chi connectivity index (χ3v) is 4.08. The first kappa shape index (κ1) is 14.5. The number of hydrogen-bond donors (Lipinski definition) is 1. The van der Waals surface area contributed by atoms with Crippen molar-refractivity contribution in [3.8, 4) is 0 Å². The summed E-state index contributed by atoms with van der Waals surface area (Å²) in [4.78, 5) is 2.29. The van der Waals surface area contributed by atoms with Gasteiger partial charge in [-0.15, -0.1) is 0 Å². The molecule has 1 N–H and O–H groups in total. The Morgan fingerprint density at radius 1 is 1.42 bits per heavy atom. The molecule has 2 atom stereocenters. The highest BCUT2D eigenvalue weighted by Gasteiger charge is 2.34. The molecule has 19 heavy (non-hydrogen) atoms. The number of benzene rings is 1. The molecule has 1 saturated heterocycles. The molecule has 0 bridgehead atoms. The van der Waals surface area contributed by atoms with E-state index in [1.165, 1.54) is 0 Å². The summed E-state index contributed by atoms with van der Waals surface area (Å²) in [5.74, 6) is 0.442. The highest BCUT2D eigenvalue weighted by molar-refractivity contribution is 5.28. The van der Waals surface area contributed by atoms with Gasteiger partial charge in [0.1, 0.15) is 5.82 Å². The minimum absolute atomic E-state index is 0.0650. The van der Waals surface area contributed by atoms with Crippen LogP contribution in [0.5, 0.6) is 0 Å². The molecule has 1 heterocycles. The van der Waals surface area contributed by atoms with Gasteiger partial charge in [0.2, 0.25) is 0 Å². The van der Waals surface area contributed by atoms with Crippen molar-refractivity contribution in [2.24, 2.45) is 5.92 Å². The fourth-order valence-electron chi connectivity index (χ4n) is 3.09. The van der Waals surface area contributed by atoms with Gasteiger partial charge in [0.15, 0.2) is 0 Å². The van der Waals surface area contributed by atoms with Crippen LogP contribution in [0.3, 0.4) is 0 Å². The Morgan fingerprint density at radius 2 is 2.21 bits per heavy atom. The van der Waals surface area contributed by atoms with E-state index in [4.69, 9.17) is 0 Å². The molecule has 0 amide bonds. The molecule has 2 nitrogen and oxygen atoms in total. The number of hydrogen-bond acceptors (Lipinski definition) is 2. The van der Waals surface area contributed by atoms with Crippen LogP contribution in [-0.2, 0) is 0 Å². The summed E-state index contributed by atoms with van der Waals surface area (Å²) in [7, 11) is 2.10. The summed E-state index contributed by atoms with van der Waals surface area (Å²) in [6, 6.07) is 5.67. The quantitative estimate of drug-likeness (QED) is 0.822. The first-order chi connectivity index (χ1) is 9.13. The Hall–Kier alpha value is -0.930. The number of nitrogens with one attached hydrogen (secondary N) is 1. The smallest absolute Gasteiger partial charge is 0.128 e. The molecule has 0 spiro atoms. The molecule has 0 aromatic heterocycles. The zero-order chi connectivity index (χ0) is 13.8. The fourth-order valence-corrected chi connectivity index (χ4v) is 3.09. The van der Waals surface area contributed by atoms with Gasteiger partial charge in [-0.05, 0) is 58.4 Å². The maximum absolute atomic E-state index is 14.1. The van der Waals surface area contributed by atoms with Gasteiger partial charge in [-0.1, -0.05) is 24.6 Å². The lowest BCUT2D eigenvalue weighted by Gasteiger charge is -2.26. The van der Waals surface area contributed by atoms with Gasteiger partial charge in [-0.2, -0.15) is 0 Å². The van der Waals surface area contributed by atoms with Crippen molar-refractivity contribution < 1.29 is 4.39 Å². The van der Waals surface area contributed by atoms with Crippen LogP contribution in [0, 0.1) is 18.7 Å². The second kappa shape index (κ2) is 6.49. The van der Waals surface area contributed by atoms with Gasteiger partial charge in [0.25, 0.3) is 0 Å². The van der Waals surface area contributed by atoms with Crippen molar-refractivity contribution in [1.29, 1.82) is 0 Å². The van der Waals surface area contributed by atoms with Crippen molar-refractivity contribution >= 4 is 0 Å². The predicted octanol–water partition coefficient (Wildman–Crippen LogP) is 3.13. The maximum Gasteiger partial charge on any atom is 0.128 e. The van der Waals surface area contributed by atoms with Crippen LogP contribution in [0.4, 0.5) is 4.39 Å². The molecule has 1 aliphatic rings. The van der Waals surface area contributed by atoms with Crippen LogP contribution in [0.25, 0.3) is 0 Å². The Kier molecular flexibility index (Phi) is 4.94. The van der Waals surface area contributed by atoms with Gasteiger partial charge in [0, 0.05) is 11.6 Å². The molecule has 0 aliphatic carbocycles. The Balaban J connectivity index is 2.16. The van der Waals surface area contributed by atoms with E-state index in [0.29, 0.717) is 5.92 Å². The Bertz CT molecular complexity index is 419. The molecule has 1 fully saturated rings. The lowest BCUT2D eigenvalue weighted by atomic mass is 9.92. The highest BCUT2D eigenvalue weighted by atomic mass is 19.1. The standard InChI is InChI=1S/C16H25FN2/c1-4-8-18-11-13-7-9-19(3)16(13)14-10-12(2)5-6-15(14)17/h5-6,10,13,16,18H,4,7-9,11H2,1-3H3. The monoisotopic (exact) mass is 264 g/mol. The first-order valence-electron chi connectivity index (χ1n) is 7.30. The normalized spacial score (nSPS) is 24.0. The minimum atomic E-state index is -0.0650. The van der Waals surface area contributed by atoms with Crippen LogP contribution in [0.2, 0.25) is 0 Å².